The average Bonchev–Trinajstić information content (AvgIpc) is 3.45. The monoisotopic (exact) mass is 407 g/mol. The van der Waals surface area contributed by atoms with E-state index in [0.717, 1.165) is 74.5 Å². The van der Waals surface area contributed by atoms with Gasteiger partial charge in [0, 0.05) is 56.1 Å². The SMILES string of the molecule is CCC1(CO)CCN(c2nc(NCC3CCCn4ccnc43)c3ncccc3n2)C1. The fourth-order valence-corrected chi connectivity index (χ4v) is 4.78. The molecule has 30 heavy (non-hydrogen) atoms. The molecule has 0 radical (unpaired) electrons. The highest BCUT2D eigenvalue weighted by atomic mass is 16.3. The molecule has 5 rings (SSSR count). The summed E-state index contributed by atoms with van der Waals surface area (Å²) in [6.45, 7) is 5.81. The molecule has 0 spiro atoms. The topological polar surface area (TPSA) is 92.0 Å². The summed E-state index contributed by atoms with van der Waals surface area (Å²) in [5, 5.41) is 13.5. The Bertz CT molecular complexity index is 1030. The minimum atomic E-state index is -0.0555. The van der Waals surface area contributed by atoms with E-state index < -0.39 is 0 Å². The van der Waals surface area contributed by atoms with Crippen LogP contribution in [0.5, 0.6) is 0 Å². The van der Waals surface area contributed by atoms with Crippen molar-refractivity contribution in [1.82, 2.24) is 24.5 Å². The maximum atomic E-state index is 9.90. The quantitative estimate of drug-likeness (QED) is 0.649. The van der Waals surface area contributed by atoms with E-state index in [1.807, 2.05) is 18.3 Å². The highest BCUT2D eigenvalue weighted by Gasteiger charge is 2.37. The highest BCUT2D eigenvalue weighted by molar-refractivity contribution is 5.86. The molecule has 1 saturated heterocycles. The van der Waals surface area contributed by atoms with Gasteiger partial charge in [-0.2, -0.15) is 4.98 Å². The zero-order chi connectivity index (χ0) is 20.6. The number of pyridine rings is 1. The number of rotatable bonds is 6. The Hall–Kier alpha value is -2.74. The molecule has 8 heteroatoms. The molecule has 2 N–H and O–H groups in total. The van der Waals surface area contributed by atoms with Gasteiger partial charge in [-0.1, -0.05) is 6.92 Å². The molecule has 0 saturated carbocycles. The van der Waals surface area contributed by atoms with Crippen molar-refractivity contribution in [3.8, 4) is 0 Å². The predicted octanol–water partition coefficient (Wildman–Crippen LogP) is 2.81. The second-order valence-electron chi connectivity index (χ2n) is 8.63. The molecule has 0 aromatic carbocycles. The van der Waals surface area contributed by atoms with Crippen molar-refractivity contribution in [2.75, 3.05) is 36.5 Å². The molecule has 8 nitrogen and oxygen atoms in total. The number of aliphatic hydroxyl groups is 1. The molecule has 5 heterocycles. The van der Waals surface area contributed by atoms with Crippen LogP contribution in [0.2, 0.25) is 0 Å². The molecule has 0 bridgehead atoms. The van der Waals surface area contributed by atoms with Gasteiger partial charge in [0.25, 0.3) is 0 Å². The van der Waals surface area contributed by atoms with Crippen LogP contribution in [-0.2, 0) is 6.54 Å². The summed E-state index contributed by atoms with van der Waals surface area (Å²) in [6, 6.07) is 3.90. The van der Waals surface area contributed by atoms with E-state index in [9.17, 15) is 5.11 Å². The van der Waals surface area contributed by atoms with Crippen LogP contribution in [0.25, 0.3) is 11.0 Å². The molecule has 2 aliphatic rings. The van der Waals surface area contributed by atoms with E-state index in [-0.39, 0.29) is 12.0 Å². The lowest BCUT2D eigenvalue weighted by Crippen LogP contribution is -2.30. The van der Waals surface area contributed by atoms with Gasteiger partial charge in [0.15, 0.2) is 5.82 Å². The third-order valence-electron chi connectivity index (χ3n) is 6.83. The van der Waals surface area contributed by atoms with Crippen LogP contribution in [0, 0.1) is 5.41 Å². The number of aryl methyl sites for hydroxylation is 1. The third kappa shape index (κ3) is 3.39. The van der Waals surface area contributed by atoms with Crippen LogP contribution in [0.4, 0.5) is 11.8 Å². The van der Waals surface area contributed by atoms with Gasteiger partial charge in [-0.05, 0) is 37.8 Å². The number of aromatic nitrogens is 5. The van der Waals surface area contributed by atoms with Crippen LogP contribution >= 0.6 is 0 Å². The number of aliphatic hydroxyl groups excluding tert-OH is 1. The van der Waals surface area contributed by atoms with Gasteiger partial charge in [0.1, 0.15) is 11.3 Å². The number of anilines is 2. The van der Waals surface area contributed by atoms with Gasteiger partial charge in [-0.3, -0.25) is 4.98 Å². The summed E-state index contributed by atoms with van der Waals surface area (Å²) in [7, 11) is 0. The van der Waals surface area contributed by atoms with Crippen LogP contribution in [-0.4, -0.2) is 55.9 Å². The van der Waals surface area contributed by atoms with Gasteiger partial charge in [-0.15, -0.1) is 0 Å². The van der Waals surface area contributed by atoms with Gasteiger partial charge >= 0.3 is 0 Å². The summed E-state index contributed by atoms with van der Waals surface area (Å²) >= 11 is 0. The zero-order valence-corrected chi connectivity index (χ0v) is 17.5. The van der Waals surface area contributed by atoms with Crippen molar-refractivity contribution in [1.29, 1.82) is 0 Å². The van der Waals surface area contributed by atoms with Gasteiger partial charge in [0.2, 0.25) is 5.95 Å². The van der Waals surface area contributed by atoms with E-state index in [1.54, 1.807) is 6.20 Å². The summed E-state index contributed by atoms with van der Waals surface area (Å²) in [5.41, 5.74) is 1.58. The Morgan fingerprint density at radius 3 is 3.00 bits per heavy atom. The smallest absolute Gasteiger partial charge is 0.228 e. The standard InChI is InChI=1S/C22H29N7O/c1-2-22(15-30)7-11-29(14-22)21-26-17-6-3-8-23-18(17)19(27-21)25-13-16-5-4-10-28-12-9-24-20(16)28/h3,6,8-9,12,16,30H,2,4-5,7,10-11,13-15H2,1H3,(H,25,26,27). The van der Waals surface area contributed by atoms with Gasteiger partial charge in [0.05, 0.1) is 12.1 Å². The van der Waals surface area contributed by atoms with Crippen LogP contribution < -0.4 is 10.2 Å². The summed E-state index contributed by atoms with van der Waals surface area (Å²) < 4.78 is 2.25. The van der Waals surface area contributed by atoms with Crippen LogP contribution in [0.1, 0.15) is 44.3 Å². The van der Waals surface area contributed by atoms with Gasteiger partial charge < -0.3 is 19.9 Å². The largest absolute Gasteiger partial charge is 0.396 e. The molecule has 0 amide bonds. The van der Waals surface area contributed by atoms with Crippen molar-refractivity contribution >= 4 is 22.8 Å². The number of imidazole rings is 1. The zero-order valence-electron chi connectivity index (χ0n) is 17.5. The fourth-order valence-electron chi connectivity index (χ4n) is 4.78. The van der Waals surface area contributed by atoms with Crippen LogP contribution in [0.3, 0.4) is 0 Å². The first-order valence-electron chi connectivity index (χ1n) is 10.9. The number of nitrogens with zero attached hydrogens (tertiary/aromatic N) is 6. The predicted molar refractivity (Wildman–Crippen MR) is 117 cm³/mol. The summed E-state index contributed by atoms with van der Waals surface area (Å²) in [4.78, 5) is 21.0. The molecular weight excluding hydrogens is 378 g/mol. The van der Waals surface area contributed by atoms with Crippen LogP contribution in [0.15, 0.2) is 30.7 Å². The minimum Gasteiger partial charge on any atom is -0.396 e. The number of hydrogen-bond acceptors (Lipinski definition) is 7. The molecule has 2 atom stereocenters. The first-order chi connectivity index (χ1) is 14.7. The van der Waals surface area contributed by atoms with E-state index in [0.29, 0.717) is 11.9 Å². The highest BCUT2D eigenvalue weighted by Crippen LogP contribution is 2.36. The summed E-state index contributed by atoms with van der Waals surface area (Å²) in [6.07, 6.45) is 9.94. The second-order valence-corrected chi connectivity index (χ2v) is 8.63. The normalized spacial score (nSPS) is 23.7. The Morgan fingerprint density at radius 2 is 2.17 bits per heavy atom. The van der Waals surface area contributed by atoms with Crippen molar-refractivity contribution in [3.05, 3.63) is 36.5 Å². The number of nitrogens with one attached hydrogen (secondary N) is 1. The Kier molecular flexibility index (Phi) is 5.02. The fraction of sp³-hybridized carbons (Fsp3) is 0.545. The molecule has 1 fully saturated rings. The Labute approximate surface area is 176 Å². The maximum absolute atomic E-state index is 9.90. The molecule has 2 aliphatic heterocycles. The lowest BCUT2D eigenvalue weighted by Gasteiger charge is -2.26. The average molecular weight is 408 g/mol. The lowest BCUT2D eigenvalue weighted by molar-refractivity contribution is 0.140. The third-order valence-corrected chi connectivity index (χ3v) is 6.83. The first-order valence-corrected chi connectivity index (χ1v) is 10.9. The molecule has 0 aliphatic carbocycles. The maximum Gasteiger partial charge on any atom is 0.228 e. The van der Waals surface area contributed by atoms with E-state index >= 15 is 0 Å². The number of fused-ring (bicyclic) bond motifs is 2. The van der Waals surface area contributed by atoms with Crippen molar-refractivity contribution in [2.45, 2.75) is 45.1 Å². The molecule has 158 valence electrons. The second kappa shape index (κ2) is 7.83. The molecule has 3 aromatic rings. The van der Waals surface area contributed by atoms with Gasteiger partial charge in [-0.25, -0.2) is 9.97 Å². The van der Waals surface area contributed by atoms with Crippen molar-refractivity contribution in [2.24, 2.45) is 5.41 Å². The molecule has 3 aromatic heterocycles. The minimum absolute atomic E-state index is 0.0555. The summed E-state index contributed by atoms with van der Waals surface area (Å²) in [5.74, 6) is 3.00. The molecule has 2 unspecified atom stereocenters. The van der Waals surface area contributed by atoms with E-state index in [2.05, 4.69) is 37.9 Å². The molecular formula is C22H29N7O. The lowest BCUT2D eigenvalue weighted by atomic mass is 9.85. The number of hydrogen-bond donors (Lipinski definition) is 2. The van der Waals surface area contributed by atoms with E-state index in [4.69, 9.17) is 9.97 Å². The first kappa shape index (κ1) is 19.2. The van der Waals surface area contributed by atoms with Crippen molar-refractivity contribution in [3.63, 3.8) is 0 Å². The van der Waals surface area contributed by atoms with E-state index in [1.165, 1.54) is 0 Å². The van der Waals surface area contributed by atoms with Crippen molar-refractivity contribution < 1.29 is 5.11 Å². The Morgan fingerprint density at radius 1 is 1.23 bits per heavy atom. The Balaban J connectivity index is 1.42.